The van der Waals surface area contributed by atoms with Crippen LogP contribution in [0, 0.1) is 0 Å². The second-order valence-electron chi connectivity index (χ2n) is 3.42. The Balaban J connectivity index is 2.07. The van der Waals surface area contributed by atoms with Gasteiger partial charge in [-0.15, -0.1) is 0 Å². The predicted molar refractivity (Wildman–Crippen MR) is 60.5 cm³/mol. The number of pyridine rings is 1. The fourth-order valence-electron chi connectivity index (χ4n) is 1.49. The zero-order valence-corrected chi connectivity index (χ0v) is 8.96. The molecular weight excluding hydrogens is 212 g/mol. The van der Waals surface area contributed by atoms with Crippen LogP contribution in [0.4, 0.5) is 5.82 Å². The van der Waals surface area contributed by atoms with Crippen molar-refractivity contribution in [2.24, 2.45) is 0 Å². The standard InChI is InChI=1S/C10H12N2O2S/c13-10(14)8-2-1-3-9(12-8)11-7-4-5-15-6-7/h1-3,7H,4-6H2,(H,11,12)(H,13,14). The molecular formula is C10H12N2O2S. The van der Waals surface area contributed by atoms with Crippen LogP contribution in [0.25, 0.3) is 0 Å². The summed E-state index contributed by atoms with van der Waals surface area (Å²) in [4.78, 5) is 14.7. The summed E-state index contributed by atoms with van der Waals surface area (Å²) in [7, 11) is 0. The highest BCUT2D eigenvalue weighted by molar-refractivity contribution is 7.99. The van der Waals surface area contributed by atoms with Crippen molar-refractivity contribution in [3.8, 4) is 0 Å². The van der Waals surface area contributed by atoms with Gasteiger partial charge in [0.05, 0.1) is 0 Å². The number of nitrogens with one attached hydrogen (secondary N) is 1. The van der Waals surface area contributed by atoms with Gasteiger partial charge in [-0.25, -0.2) is 9.78 Å². The Kier molecular flexibility index (Phi) is 3.11. The van der Waals surface area contributed by atoms with Gasteiger partial charge in [-0.05, 0) is 24.3 Å². The van der Waals surface area contributed by atoms with E-state index in [9.17, 15) is 4.79 Å². The molecule has 1 fully saturated rings. The number of rotatable bonds is 3. The molecule has 2 heterocycles. The predicted octanol–water partition coefficient (Wildman–Crippen LogP) is 1.70. The van der Waals surface area contributed by atoms with Gasteiger partial charge >= 0.3 is 5.97 Å². The number of aromatic carboxylic acids is 1. The van der Waals surface area contributed by atoms with Gasteiger partial charge in [0.1, 0.15) is 5.82 Å². The third kappa shape index (κ3) is 2.62. The van der Waals surface area contributed by atoms with E-state index in [2.05, 4.69) is 10.3 Å². The number of carboxylic acid groups (broad SMARTS) is 1. The van der Waals surface area contributed by atoms with Gasteiger partial charge in [0.15, 0.2) is 5.69 Å². The molecule has 0 radical (unpaired) electrons. The van der Waals surface area contributed by atoms with E-state index in [0.717, 1.165) is 17.9 Å². The molecule has 0 amide bonds. The molecule has 0 bridgehead atoms. The normalized spacial score (nSPS) is 20.1. The van der Waals surface area contributed by atoms with Gasteiger partial charge in [0.25, 0.3) is 0 Å². The molecule has 2 N–H and O–H groups in total. The maximum Gasteiger partial charge on any atom is 0.354 e. The maximum absolute atomic E-state index is 10.7. The van der Waals surface area contributed by atoms with Gasteiger partial charge in [0.2, 0.25) is 0 Å². The number of anilines is 1. The van der Waals surface area contributed by atoms with Gasteiger partial charge in [-0.1, -0.05) is 6.07 Å². The average Bonchev–Trinajstić information content (AvgIpc) is 2.71. The van der Waals surface area contributed by atoms with Crippen molar-refractivity contribution in [2.45, 2.75) is 12.5 Å². The Bertz CT molecular complexity index is 364. The molecule has 1 unspecified atom stereocenters. The lowest BCUT2D eigenvalue weighted by Crippen LogP contribution is -2.19. The number of thioether (sulfide) groups is 1. The minimum Gasteiger partial charge on any atom is -0.477 e. The van der Waals surface area contributed by atoms with Crippen molar-refractivity contribution in [2.75, 3.05) is 16.8 Å². The van der Waals surface area contributed by atoms with Crippen molar-refractivity contribution < 1.29 is 9.90 Å². The van der Waals surface area contributed by atoms with E-state index < -0.39 is 5.97 Å². The van der Waals surface area contributed by atoms with Crippen LogP contribution in [0.15, 0.2) is 18.2 Å². The van der Waals surface area contributed by atoms with Crippen LogP contribution in [0.5, 0.6) is 0 Å². The topological polar surface area (TPSA) is 62.2 Å². The van der Waals surface area contributed by atoms with E-state index in [1.165, 1.54) is 6.07 Å². The Morgan fingerprint density at radius 2 is 2.47 bits per heavy atom. The Morgan fingerprint density at radius 1 is 1.60 bits per heavy atom. The van der Waals surface area contributed by atoms with Crippen LogP contribution in [-0.4, -0.2) is 33.6 Å². The van der Waals surface area contributed by atoms with E-state index in [-0.39, 0.29) is 5.69 Å². The van der Waals surface area contributed by atoms with Crippen LogP contribution in [0.2, 0.25) is 0 Å². The molecule has 0 aliphatic carbocycles. The molecule has 1 aromatic heterocycles. The van der Waals surface area contributed by atoms with Crippen LogP contribution in [0.1, 0.15) is 16.9 Å². The van der Waals surface area contributed by atoms with Crippen LogP contribution < -0.4 is 5.32 Å². The summed E-state index contributed by atoms with van der Waals surface area (Å²) < 4.78 is 0. The highest BCUT2D eigenvalue weighted by atomic mass is 32.2. The number of carboxylic acids is 1. The first-order chi connectivity index (χ1) is 7.25. The lowest BCUT2D eigenvalue weighted by atomic mass is 10.2. The molecule has 4 nitrogen and oxygen atoms in total. The molecule has 1 atom stereocenters. The van der Waals surface area contributed by atoms with E-state index in [4.69, 9.17) is 5.11 Å². The monoisotopic (exact) mass is 224 g/mol. The van der Waals surface area contributed by atoms with E-state index in [0.29, 0.717) is 11.9 Å². The summed E-state index contributed by atoms with van der Waals surface area (Å²) >= 11 is 1.91. The largest absolute Gasteiger partial charge is 0.477 e. The van der Waals surface area contributed by atoms with E-state index in [1.54, 1.807) is 12.1 Å². The van der Waals surface area contributed by atoms with Gasteiger partial charge in [-0.3, -0.25) is 0 Å². The number of hydrogen-bond donors (Lipinski definition) is 2. The van der Waals surface area contributed by atoms with Crippen LogP contribution in [0.3, 0.4) is 0 Å². The van der Waals surface area contributed by atoms with Crippen molar-refractivity contribution >= 4 is 23.5 Å². The van der Waals surface area contributed by atoms with E-state index >= 15 is 0 Å². The van der Waals surface area contributed by atoms with Crippen LogP contribution >= 0.6 is 11.8 Å². The first kappa shape index (κ1) is 10.3. The highest BCUT2D eigenvalue weighted by Crippen LogP contribution is 2.20. The third-order valence-electron chi connectivity index (χ3n) is 2.25. The zero-order valence-electron chi connectivity index (χ0n) is 8.14. The summed E-state index contributed by atoms with van der Waals surface area (Å²) in [5.74, 6) is 1.90. The SMILES string of the molecule is O=C(O)c1cccc(NC2CCSC2)n1. The molecule has 15 heavy (non-hydrogen) atoms. The maximum atomic E-state index is 10.7. The lowest BCUT2D eigenvalue weighted by Gasteiger charge is -2.11. The molecule has 1 aliphatic rings. The summed E-state index contributed by atoms with van der Waals surface area (Å²) in [6, 6.07) is 5.43. The van der Waals surface area contributed by atoms with Crippen LogP contribution in [-0.2, 0) is 0 Å². The van der Waals surface area contributed by atoms with Crippen molar-refractivity contribution in [3.05, 3.63) is 23.9 Å². The average molecular weight is 224 g/mol. The molecule has 1 aliphatic heterocycles. The molecule has 0 saturated carbocycles. The summed E-state index contributed by atoms with van der Waals surface area (Å²) in [6.07, 6.45) is 1.11. The van der Waals surface area contributed by atoms with Crippen molar-refractivity contribution in [3.63, 3.8) is 0 Å². The van der Waals surface area contributed by atoms with Crippen molar-refractivity contribution in [1.82, 2.24) is 4.98 Å². The van der Waals surface area contributed by atoms with Gasteiger partial charge in [-0.2, -0.15) is 11.8 Å². The minimum atomic E-state index is -0.987. The summed E-state index contributed by atoms with van der Waals surface area (Å²) in [6.45, 7) is 0. The Morgan fingerprint density at radius 3 is 3.13 bits per heavy atom. The number of hydrogen-bond acceptors (Lipinski definition) is 4. The zero-order chi connectivity index (χ0) is 10.7. The molecule has 0 aromatic carbocycles. The second-order valence-corrected chi connectivity index (χ2v) is 4.57. The number of carbonyl (C=O) groups is 1. The molecule has 0 spiro atoms. The number of aromatic nitrogens is 1. The summed E-state index contributed by atoms with van der Waals surface area (Å²) in [5, 5.41) is 12.0. The smallest absolute Gasteiger partial charge is 0.354 e. The first-order valence-electron chi connectivity index (χ1n) is 4.80. The molecule has 1 saturated heterocycles. The molecule has 2 rings (SSSR count). The molecule has 1 aromatic rings. The first-order valence-corrected chi connectivity index (χ1v) is 5.96. The Hall–Kier alpha value is -1.23. The quantitative estimate of drug-likeness (QED) is 0.818. The van der Waals surface area contributed by atoms with Crippen molar-refractivity contribution in [1.29, 1.82) is 0 Å². The second kappa shape index (κ2) is 4.53. The fourth-order valence-corrected chi connectivity index (χ4v) is 2.64. The third-order valence-corrected chi connectivity index (χ3v) is 3.41. The fraction of sp³-hybridized carbons (Fsp3) is 0.400. The molecule has 80 valence electrons. The van der Waals surface area contributed by atoms with Gasteiger partial charge < -0.3 is 10.4 Å². The van der Waals surface area contributed by atoms with Gasteiger partial charge in [0, 0.05) is 11.8 Å². The minimum absolute atomic E-state index is 0.0886. The highest BCUT2D eigenvalue weighted by Gasteiger charge is 2.15. The Labute approximate surface area is 92.1 Å². The molecule has 5 heteroatoms. The van der Waals surface area contributed by atoms with E-state index in [1.807, 2.05) is 11.8 Å². The lowest BCUT2D eigenvalue weighted by molar-refractivity contribution is 0.0690. The summed E-state index contributed by atoms with van der Waals surface area (Å²) in [5.41, 5.74) is 0.0886. The number of nitrogens with zero attached hydrogens (tertiary/aromatic N) is 1.